The number of Topliss-reactive ketones (excluding diaryl/α,β-unsaturated/α-hetero) is 1. The van der Waals surface area contributed by atoms with Crippen molar-refractivity contribution < 1.29 is 19.1 Å². The zero-order valence-corrected chi connectivity index (χ0v) is 16.9. The van der Waals surface area contributed by atoms with Gasteiger partial charge in [-0.2, -0.15) is 0 Å². The van der Waals surface area contributed by atoms with Gasteiger partial charge in [-0.05, 0) is 38.0 Å². The van der Waals surface area contributed by atoms with E-state index in [0.29, 0.717) is 22.0 Å². The van der Waals surface area contributed by atoms with Crippen LogP contribution in [0.2, 0.25) is 5.02 Å². The van der Waals surface area contributed by atoms with Crippen molar-refractivity contribution in [2.24, 2.45) is 11.8 Å². The van der Waals surface area contributed by atoms with Gasteiger partial charge in [0, 0.05) is 10.6 Å². The third kappa shape index (κ3) is 3.79. The summed E-state index contributed by atoms with van der Waals surface area (Å²) in [5, 5.41) is 0.396. The molecule has 4 rings (SSSR count). The maximum Gasteiger partial charge on any atom is 0.237 e. The molecule has 1 saturated heterocycles. The summed E-state index contributed by atoms with van der Waals surface area (Å²) in [6, 6.07) is 12.0. The number of anilines is 1. The first kappa shape index (κ1) is 19.6. The summed E-state index contributed by atoms with van der Waals surface area (Å²) < 4.78 is 5.75. The number of fused-ring (bicyclic) bond motifs is 1. The third-order valence-electron chi connectivity index (χ3n) is 5.74. The molecular formula is C23H22ClNO4. The summed E-state index contributed by atoms with van der Waals surface area (Å²) in [7, 11) is 0. The Morgan fingerprint density at radius 2 is 1.66 bits per heavy atom. The molecule has 2 amide bonds. The van der Waals surface area contributed by atoms with Gasteiger partial charge in [0.2, 0.25) is 11.8 Å². The molecule has 1 heterocycles. The highest BCUT2D eigenvalue weighted by atomic mass is 35.5. The number of benzene rings is 2. The van der Waals surface area contributed by atoms with Crippen molar-refractivity contribution in [2.45, 2.75) is 32.6 Å². The van der Waals surface area contributed by atoms with Gasteiger partial charge in [-0.25, -0.2) is 4.90 Å². The van der Waals surface area contributed by atoms with Gasteiger partial charge in [0.25, 0.3) is 0 Å². The van der Waals surface area contributed by atoms with E-state index in [4.69, 9.17) is 16.3 Å². The van der Waals surface area contributed by atoms with Crippen LogP contribution in [0, 0.1) is 18.8 Å². The number of ether oxygens (including phenoxy) is 1. The summed E-state index contributed by atoms with van der Waals surface area (Å²) in [4.78, 5) is 39.6. The second kappa shape index (κ2) is 7.99. The Hall–Kier alpha value is -2.66. The van der Waals surface area contributed by atoms with E-state index in [-0.39, 0.29) is 36.0 Å². The number of amides is 2. The fraction of sp³-hybridized carbons (Fsp3) is 0.348. The maximum absolute atomic E-state index is 12.9. The summed E-state index contributed by atoms with van der Waals surface area (Å²) in [6.07, 6.45) is 3.37. The Morgan fingerprint density at radius 1 is 1.03 bits per heavy atom. The Bertz CT molecular complexity index is 945. The van der Waals surface area contributed by atoms with Crippen LogP contribution < -0.4 is 9.64 Å². The highest BCUT2D eigenvalue weighted by Gasteiger charge is 2.49. The van der Waals surface area contributed by atoms with Gasteiger partial charge >= 0.3 is 0 Å². The van der Waals surface area contributed by atoms with Gasteiger partial charge in [-0.1, -0.05) is 54.3 Å². The second-order valence-corrected chi connectivity index (χ2v) is 8.14. The van der Waals surface area contributed by atoms with Gasteiger partial charge in [0.1, 0.15) is 5.75 Å². The predicted octanol–water partition coefficient (Wildman–Crippen LogP) is 4.59. The van der Waals surface area contributed by atoms with Crippen LogP contribution in [0.4, 0.5) is 5.69 Å². The molecule has 0 bridgehead atoms. The zero-order chi connectivity index (χ0) is 20.5. The topological polar surface area (TPSA) is 63.7 Å². The van der Waals surface area contributed by atoms with E-state index in [1.807, 2.05) is 19.1 Å². The Balaban J connectivity index is 1.58. The molecule has 2 fully saturated rings. The lowest BCUT2D eigenvalue weighted by Crippen LogP contribution is -2.31. The van der Waals surface area contributed by atoms with E-state index in [2.05, 4.69) is 0 Å². The van der Waals surface area contributed by atoms with Crippen LogP contribution in [-0.4, -0.2) is 24.2 Å². The quantitative estimate of drug-likeness (QED) is 0.533. The molecule has 29 heavy (non-hydrogen) atoms. The van der Waals surface area contributed by atoms with E-state index in [9.17, 15) is 14.4 Å². The van der Waals surface area contributed by atoms with Crippen LogP contribution in [0.1, 0.15) is 41.6 Å². The van der Waals surface area contributed by atoms with Crippen LogP contribution in [0.25, 0.3) is 0 Å². The number of carbonyl (C=O) groups excluding carboxylic acids is 3. The molecule has 2 atom stereocenters. The van der Waals surface area contributed by atoms with Crippen molar-refractivity contribution in [1.82, 2.24) is 0 Å². The lowest BCUT2D eigenvalue weighted by Gasteiger charge is -2.19. The minimum Gasteiger partial charge on any atom is -0.483 e. The monoisotopic (exact) mass is 411 g/mol. The molecule has 0 aromatic heterocycles. The molecule has 1 saturated carbocycles. The number of nitrogens with zero attached hydrogens (tertiary/aromatic N) is 1. The minimum atomic E-state index is -0.266. The third-order valence-corrected chi connectivity index (χ3v) is 5.97. The summed E-state index contributed by atoms with van der Waals surface area (Å²) in [5.74, 6) is -0.809. The number of ketones is 1. The Kier molecular flexibility index (Phi) is 5.41. The summed E-state index contributed by atoms with van der Waals surface area (Å²) in [6.45, 7) is 1.76. The first-order valence-corrected chi connectivity index (χ1v) is 10.2. The molecular weight excluding hydrogens is 390 g/mol. The largest absolute Gasteiger partial charge is 0.483 e. The average Bonchev–Trinajstić information content (AvgIpc) is 2.98. The summed E-state index contributed by atoms with van der Waals surface area (Å²) in [5.41, 5.74) is 1.93. The van der Waals surface area contributed by atoms with Gasteiger partial charge in [0.05, 0.1) is 17.5 Å². The molecule has 0 radical (unpaired) electrons. The molecule has 2 aliphatic rings. The zero-order valence-electron chi connectivity index (χ0n) is 16.2. The lowest BCUT2D eigenvalue weighted by atomic mass is 9.81. The first-order chi connectivity index (χ1) is 14.0. The van der Waals surface area contributed by atoms with Gasteiger partial charge in [0.15, 0.2) is 12.4 Å². The molecule has 0 unspecified atom stereocenters. The summed E-state index contributed by atoms with van der Waals surface area (Å²) >= 11 is 6.15. The molecule has 2 aromatic carbocycles. The fourth-order valence-corrected chi connectivity index (χ4v) is 4.32. The van der Waals surface area contributed by atoms with E-state index >= 15 is 0 Å². The SMILES string of the molecule is Cc1ccc(C(=O)COc2ccc(Cl)cc2N2C(=O)[C@H]3CCCC[C@@H]3C2=O)cc1. The molecule has 5 nitrogen and oxygen atoms in total. The van der Waals surface area contributed by atoms with Crippen LogP contribution in [0.15, 0.2) is 42.5 Å². The molecule has 1 aliphatic carbocycles. The van der Waals surface area contributed by atoms with Crippen molar-refractivity contribution in [3.05, 3.63) is 58.6 Å². The number of hydrogen-bond donors (Lipinski definition) is 0. The van der Waals surface area contributed by atoms with Crippen molar-refractivity contribution in [3.8, 4) is 5.75 Å². The number of carbonyl (C=O) groups is 3. The fourth-order valence-electron chi connectivity index (χ4n) is 4.15. The second-order valence-electron chi connectivity index (χ2n) is 7.70. The van der Waals surface area contributed by atoms with E-state index in [1.54, 1.807) is 30.3 Å². The smallest absolute Gasteiger partial charge is 0.237 e. The number of rotatable bonds is 5. The van der Waals surface area contributed by atoms with Crippen LogP contribution in [0.3, 0.4) is 0 Å². The van der Waals surface area contributed by atoms with Crippen LogP contribution in [-0.2, 0) is 9.59 Å². The highest BCUT2D eigenvalue weighted by Crippen LogP contribution is 2.43. The standard InChI is InChI=1S/C23H22ClNO4/c1-14-6-8-15(9-7-14)20(26)13-29-21-11-10-16(24)12-19(21)25-22(27)17-4-2-3-5-18(17)23(25)28/h6-12,17-18H,2-5,13H2,1H3/t17-,18-/m0/s1. The van der Waals surface area contributed by atoms with Crippen LogP contribution in [0.5, 0.6) is 5.75 Å². The van der Waals surface area contributed by atoms with E-state index in [1.165, 1.54) is 4.90 Å². The minimum absolute atomic E-state index is 0.182. The van der Waals surface area contributed by atoms with Gasteiger partial charge < -0.3 is 4.74 Å². The number of imide groups is 1. The van der Waals surface area contributed by atoms with Gasteiger partial charge in [-0.3, -0.25) is 14.4 Å². The number of hydrogen-bond acceptors (Lipinski definition) is 4. The van der Waals surface area contributed by atoms with Crippen molar-refractivity contribution >= 4 is 34.9 Å². The van der Waals surface area contributed by atoms with Crippen molar-refractivity contribution in [3.63, 3.8) is 0 Å². The van der Waals surface area contributed by atoms with Gasteiger partial charge in [-0.15, -0.1) is 0 Å². The molecule has 0 spiro atoms. The molecule has 2 aromatic rings. The lowest BCUT2D eigenvalue weighted by molar-refractivity contribution is -0.122. The number of aryl methyl sites for hydroxylation is 1. The van der Waals surface area contributed by atoms with E-state index < -0.39 is 0 Å². The highest BCUT2D eigenvalue weighted by molar-refractivity contribution is 6.31. The molecule has 150 valence electrons. The molecule has 0 N–H and O–H groups in total. The van der Waals surface area contributed by atoms with Crippen molar-refractivity contribution in [2.75, 3.05) is 11.5 Å². The Labute approximate surface area is 174 Å². The average molecular weight is 412 g/mol. The number of halogens is 1. The first-order valence-electron chi connectivity index (χ1n) is 9.86. The van der Waals surface area contributed by atoms with E-state index in [0.717, 1.165) is 31.2 Å². The molecule has 6 heteroatoms. The van der Waals surface area contributed by atoms with Crippen molar-refractivity contribution in [1.29, 1.82) is 0 Å². The molecule has 1 aliphatic heterocycles. The van der Waals surface area contributed by atoms with Crippen LogP contribution >= 0.6 is 11.6 Å². The Morgan fingerprint density at radius 3 is 2.28 bits per heavy atom. The normalized spacial score (nSPS) is 21.2. The maximum atomic E-state index is 12.9. The predicted molar refractivity (Wildman–Crippen MR) is 110 cm³/mol.